The highest BCUT2D eigenvalue weighted by Gasteiger charge is 2.47. The molecule has 0 amide bonds. The van der Waals surface area contributed by atoms with Crippen LogP contribution in [0.25, 0.3) is 6.08 Å². The Hall–Kier alpha value is -2.54. The number of benzene rings is 2. The highest BCUT2D eigenvalue weighted by atomic mass is 14.9. The fraction of sp³-hybridized carbons (Fsp3) is 0.280. The number of allylic oxidation sites excluding steroid dienone is 3. The van der Waals surface area contributed by atoms with Crippen molar-refractivity contribution in [2.24, 2.45) is 5.92 Å². The average Bonchev–Trinajstić information content (AvgIpc) is 3.03. The van der Waals surface area contributed by atoms with Gasteiger partial charge in [-0.05, 0) is 58.4 Å². The Morgan fingerprint density at radius 1 is 1.00 bits per heavy atom. The first-order valence-electron chi connectivity index (χ1n) is 9.77. The van der Waals surface area contributed by atoms with E-state index in [9.17, 15) is 0 Å². The van der Waals surface area contributed by atoms with Crippen molar-refractivity contribution >= 4 is 6.08 Å². The first-order chi connectivity index (χ1) is 12.7. The molecular weight excluding hydrogens is 314 g/mol. The Kier molecular flexibility index (Phi) is 2.69. The van der Waals surface area contributed by atoms with Crippen molar-refractivity contribution < 1.29 is 1.43 Å². The molecule has 0 radical (unpaired) electrons. The van der Waals surface area contributed by atoms with Crippen molar-refractivity contribution in [1.82, 2.24) is 5.32 Å². The van der Waals surface area contributed by atoms with E-state index in [0.717, 1.165) is 0 Å². The smallest absolute Gasteiger partial charge is 0.0377 e. The first-order valence-corrected chi connectivity index (χ1v) is 9.77. The highest BCUT2D eigenvalue weighted by molar-refractivity contribution is 5.73. The number of hydrogen-bond acceptors (Lipinski definition) is 1. The van der Waals surface area contributed by atoms with Crippen molar-refractivity contribution in [3.63, 3.8) is 0 Å². The zero-order valence-electron chi connectivity index (χ0n) is 15.3. The Morgan fingerprint density at radius 3 is 2.77 bits per heavy atom. The second kappa shape index (κ2) is 4.79. The first kappa shape index (κ1) is 14.6. The minimum Gasteiger partial charge on any atom is -0.358 e. The van der Waals surface area contributed by atoms with Gasteiger partial charge in [0.15, 0.2) is 0 Å². The van der Waals surface area contributed by atoms with E-state index in [-0.39, 0.29) is 6.84 Å². The van der Waals surface area contributed by atoms with Crippen molar-refractivity contribution in [2.45, 2.75) is 38.0 Å². The van der Waals surface area contributed by atoms with Gasteiger partial charge in [-0.2, -0.15) is 0 Å². The van der Waals surface area contributed by atoms with Crippen molar-refractivity contribution in [2.75, 3.05) is 0 Å². The highest BCUT2D eigenvalue weighted by Crippen LogP contribution is 2.57. The van der Waals surface area contributed by atoms with Gasteiger partial charge in [0.2, 0.25) is 0 Å². The molecule has 130 valence electrons. The fourth-order valence-corrected chi connectivity index (χ4v) is 5.81. The van der Waals surface area contributed by atoms with Gasteiger partial charge in [-0.15, -0.1) is 0 Å². The summed E-state index contributed by atoms with van der Waals surface area (Å²) < 4.78 is 0. The molecule has 2 aromatic carbocycles. The van der Waals surface area contributed by atoms with Gasteiger partial charge in [0.25, 0.3) is 0 Å². The standard InChI is InChI=1S/C25H23N.H2/c1-25(2)18-11-5-3-9-16(18)24-22-15(8-7-12-19(22)25)14-21-23(24)17-10-4-6-13-20(17)26-21;/h3,5-9,11-14,23-24,26H,4,10H2,1-2H3;1H. The van der Waals surface area contributed by atoms with E-state index in [2.05, 4.69) is 79.9 Å². The molecule has 1 heterocycles. The lowest BCUT2D eigenvalue weighted by molar-refractivity contribution is 0.521. The van der Waals surface area contributed by atoms with Gasteiger partial charge in [0.05, 0.1) is 0 Å². The normalized spacial score (nSPS) is 26.3. The van der Waals surface area contributed by atoms with Crippen molar-refractivity contribution in [1.29, 1.82) is 0 Å². The molecule has 0 saturated carbocycles. The van der Waals surface area contributed by atoms with Crippen LogP contribution in [-0.4, -0.2) is 0 Å². The summed E-state index contributed by atoms with van der Waals surface area (Å²) >= 11 is 0. The Morgan fingerprint density at radius 2 is 1.85 bits per heavy atom. The second-order valence-electron chi connectivity index (χ2n) is 8.58. The van der Waals surface area contributed by atoms with Gasteiger partial charge in [-0.25, -0.2) is 0 Å². The fourth-order valence-electron chi connectivity index (χ4n) is 5.81. The quantitative estimate of drug-likeness (QED) is 0.632. The van der Waals surface area contributed by atoms with Gasteiger partial charge in [-0.1, -0.05) is 62.4 Å². The predicted molar refractivity (Wildman–Crippen MR) is 109 cm³/mol. The summed E-state index contributed by atoms with van der Waals surface area (Å²) in [7, 11) is 0. The Bertz CT molecular complexity index is 1050. The molecule has 0 bridgehead atoms. The van der Waals surface area contributed by atoms with Crippen LogP contribution in [0.2, 0.25) is 0 Å². The lowest BCUT2D eigenvalue weighted by Crippen LogP contribution is -2.35. The van der Waals surface area contributed by atoms with Crippen molar-refractivity contribution in [3.8, 4) is 0 Å². The third-order valence-corrected chi connectivity index (χ3v) is 6.94. The van der Waals surface area contributed by atoms with Crippen LogP contribution in [0.1, 0.15) is 61.9 Å². The lowest BCUT2D eigenvalue weighted by atomic mass is 9.59. The van der Waals surface area contributed by atoms with E-state index in [0.29, 0.717) is 11.8 Å². The topological polar surface area (TPSA) is 12.0 Å². The van der Waals surface area contributed by atoms with Crippen LogP contribution < -0.4 is 5.32 Å². The molecule has 26 heavy (non-hydrogen) atoms. The summed E-state index contributed by atoms with van der Waals surface area (Å²) in [5.41, 5.74) is 11.9. The molecule has 1 heteroatoms. The maximum Gasteiger partial charge on any atom is 0.0377 e. The minimum absolute atomic E-state index is 0. The van der Waals surface area contributed by atoms with Gasteiger partial charge < -0.3 is 5.32 Å². The molecular formula is C25H25N. The van der Waals surface area contributed by atoms with Crippen LogP contribution in [0.15, 0.2) is 71.6 Å². The maximum atomic E-state index is 3.75. The average molecular weight is 339 g/mol. The van der Waals surface area contributed by atoms with E-state index in [1.54, 1.807) is 11.1 Å². The Balaban J connectivity index is 0.00000160. The number of rotatable bonds is 0. The summed E-state index contributed by atoms with van der Waals surface area (Å²) in [5, 5.41) is 3.75. The molecule has 1 nitrogen and oxygen atoms in total. The van der Waals surface area contributed by atoms with Gasteiger partial charge >= 0.3 is 0 Å². The SMILES string of the molecule is CC1(C)c2ccccc2C2c3c(cccc31)C=C1NC3=C(CCC=C3)C12.[HH]. The number of nitrogens with one attached hydrogen (secondary N) is 1. The van der Waals surface area contributed by atoms with Crippen LogP contribution in [0.5, 0.6) is 0 Å². The van der Waals surface area contributed by atoms with E-state index >= 15 is 0 Å². The molecule has 3 aliphatic carbocycles. The third kappa shape index (κ3) is 1.66. The molecule has 6 rings (SSSR count). The van der Waals surface area contributed by atoms with E-state index < -0.39 is 0 Å². The van der Waals surface area contributed by atoms with Crippen LogP contribution in [0.4, 0.5) is 0 Å². The maximum absolute atomic E-state index is 3.75. The van der Waals surface area contributed by atoms with Crippen molar-refractivity contribution in [3.05, 3.63) is 99.4 Å². The summed E-state index contributed by atoms with van der Waals surface area (Å²) in [4.78, 5) is 0. The summed E-state index contributed by atoms with van der Waals surface area (Å²) in [5.74, 6) is 0.915. The minimum atomic E-state index is 0. The molecule has 0 saturated heterocycles. The van der Waals surface area contributed by atoms with Gasteiger partial charge in [0.1, 0.15) is 0 Å². The molecule has 0 fully saturated rings. The molecule has 0 spiro atoms. The van der Waals surface area contributed by atoms with E-state index in [1.807, 2.05) is 0 Å². The molecule has 0 aromatic heterocycles. The second-order valence-corrected chi connectivity index (χ2v) is 8.58. The molecule has 2 aromatic rings. The lowest BCUT2D eigenvalue weighted by Gasteiger charge is -2.44. The number of fused-ring (bicyclic) bond motifs is 5. The monoisotopic (exact) mass is 339 g/mol. The van der Waals surface area contributed by atoms with Gasteiger partial charge in [-0.3, -0.25) is 0 Å². The molecule has 2 unspecified atom stereocenters. The third-order valence-electron chi connectivity index (χ3n) is 6.94. The zero-order valence-corrected chi connectivity index (χ0v) is 15.3. The van der Waals surface area contributed by atoms with E-state index in [4.69, 9.17) is 0 Å². The summed E-state index contributed by atoms with van der Waals surface area (Å²) in [6.45, 7) is 4.77. The number of hydrogen-bond donors (Lipinski definition) is 1. The van der Waals surface area contributed by atoms with Gasteiger partial charge in [0, 0.05) is 30.1 Å². The van der Waals surface area contributed by atoms with E-state index in [1.165, 1.54) is 46.5 Å². The van der Waals surface area contributed by atoms with Crippen LogP contribution in [0.3, 0.4) is 0 Å². The summed E-state index contributed by atoms with van der Waals surface area (Å²) in [6.07, 6.45) is 9.36. The molecule has 1 aliphatic heterocycles. The molecule has 2 atom stereocenters. The predicted octanol–water partition coefficient (Wildman–Crippen LogP) is 5.88. The van der Waals surface area contributed by atoms with Crippen LogP contribution >= 0.6 is 0 Å². The Labute approximate surface area is 156 Å². The molecule has 1 N–H and O–H groups in total. The molecule has 4 aliphatic rings. The summed E-state index contributed by atoms with van der Waals surface area (Å²) in [6, 6.07) is 16.0. The van der Waals surface area contributed by atoms with Crippen LogP contribution in [0, 0.1) is 5.92 Å². The largest absolute Gasteiger partial charge is 0.358 e. The zero-order chi connectivity index (χ0) is 17.5. The van der Waals surface area contributed by atoms with Crippen LogP contribution in [-0.2, 0) is 5.41 Å².